The van der Waals surface area contributed by atoms with Gasteiger partial charge in [-0.1, -0.05) is 13.0 Å². The van der Waals surface area contributed by atoms with E-state index in [-0.39, 0.29) is 24.6 Å². The normalized spacial score (nSPS) is 11.6. The van der Waals surface area contributed by atoms with Crippen LogP contribution >= 0.6 is 0 Å². The van der Waals surface area contributed by atoms with Crippen LogP contribution < -0.4 is 0 Å². The van der Waals surface area contributed by atoms with Crippen LogP contribution in [0.3, 0.4) is 0 Å². The van der Waals surface area contributed by atoms with E-state index in [1.807, 2.05) is 0 Å². The number of rotatable bonds is 9. The Morgan fingerprint density at radius 3 is 2.50 bits per heavy atom. The van der Waals surface area contributed by atoms with E-state index in [4.69, 9.17) is 5.11 Å². The smallest absolute Gasteiger partial charge is 0.317 e. The lowest BCUT2D eigenvalue weighted by Gasteiger charge is -2.17. The van der Waals surface area contributed by atoms with Gasteiger partial charge in [-0.05, 0) is 6.42 Å². The van der Waals surface area contributed by atoms with Gasteiger partial charge in [-0.3, -0.25) is 9.69 Å². The Labute approximate surface area is 96.7 Å². The first-order chi connectivity index (χ1) is 7.41. The minimum atomic E-state index is -3.05. The summed E-state index contributed by atoms with van der Waals surface area (Å²) < 4.78 is 22.9. The van der Waals surface area contributed by atoms with Gasteiger partial charge in [0.1, 0.15) is 0 Å². The summed E-state index contributed by atoms with van der Waals surface area (Å²) in [6.07, 6.45) is 2.15. The van der Waals surface area contributed by atoms with E-state index in [1.54, 1.807) is 17.9 Å². The maximum atomic E-state index is 11.4. The Morgan fingerprint density at radius 2 is 2.06 bits per heavy atom. The zero-order valence-corrected chi connectivity index (χ0v) is 10.4. The number of aliphatic carboxylic acids is 1. The molecule has 0 aliphatic heterocycles. The van der Waals surface area contributed by atoms with Crippen LogP contribution in [0.1, 0.15) is 13.3 Å². The molecule has 0 aliphatic rings. The fourth-order valence-corrected chi connectivity index (χ4v) is 2.65. The first-order valence-corrected chi connectivity index (χ1v) is 6.99. The monoisotopic (exact) mass is 249 g/mol. The first kappa shape index (κ1) is 15.1. The van der Waals surface area contributed by atoms with Gasteiger partial charge in [0, 0.05) is 18.8 Å². The van der Waals surface area contributed by atoms with Gasteiger partial charge in [0.2, 0.25) is 0 Å². The lowest BCUT2D eigenvalue weighted by molar-refractivity contribution is -0.138. The van der Waals surface area contributed by atoms with Crippen molar-refractivity contribution >= 4 is 15.8 Å². The summed E-state index contributed by atoms with van der Waals surface area (Å²) in [5.41, 5.74) is 0. The molecule has 0 saturated carbocycles. The van der Waals surface area contributed by atoms with E-state index >= 15 is 0 Å². The third kappa shape index (κ3) is 7.42. The van der Waals surface area contributed by atoms with Crippen molar-refractivity contribution in [2.45, 2.75) is 13.3 Å². The molecular formula is C10H19NO4S. The maximum absolute atomic E-state index is 11.4. The van der Waals surface area contributed by atoms with Crippen molar-refractivity contribution in [3.63, 3.8) is 0 Å². The van der Waals surface area contributed by atoms with E-state index < -0.39 is 15.8 Å². The summed E-state index contributed by atoms with van der Waals surface area (Å²) in [4.78, 5) is 12.1. The molecule has 0 aromatic rings. The molecule has 0 bridgehead atoms. The Hall–Kier alpha value is -0.880. The molecule has 0 rings (SSSR count). The molecule has 0 radical (unpaired) electrons. The number of sulfone groups is 1. The third-order valence-electron chi connectivity index (χ3n) is 1.98. The van der Waals surface area contributed by atoms with Crippen LogP contribution in [0.4, 0.5) is 0 Å². The predicted molar refractivity (Wildman–Crippen MR) is 63.2 cm³/mol. The van der Waals surface area contributed by atoms with Crippen molar-refractivity contribution in [2.24, 2.45) is 0 Å². The third-order valence-corrected chi connectivity index (χ3v) is 3.81. The van der Waals surface area contributed by atoms with Crippen LogP contribution in [0.25, 0.3) is 0 Å². The highest BCUT2D eigenvalue weighted by Gasteiger charge is 2.14. The molecule has 1 N–H and O–H groups in total. The molecule has 5 nitrogen and oxygen atoms in total. The maximum Gasteiger partial charge on any atom is 0.317 e. The first-order valence-electron chi connectivity index (χ1n) is 5.16. The number of carbonyl (C=O) groups is 1. The Morgan fingerprint density at radius 1 is 1.44 bits per heavy atom. The molecule has 0 aromatic carbocycles. The number of nitrogens with zero attached hydrogens (tertiary/aromatic N) is 1. The second-order valence-electron chi connectivity index (χ2n) is 3.57. The molecule has 0 amide bonds. The fraction of sp³-hybridized carbons (Fsp3) is 0.700. The molecule has 0 aromatic heterocycles. The average molecular weight is 249 g/mol. The molecule has 0 spiro atoms. The van der Waals surface area contributed by atoms with Gasteiger partial charge in [0.25, 0.3) is 0 Å². The molecule has 0 fully saturated rings. The fourth-order valence-electron chi connectivity index (χ4n) is 1.29. The average Bonchev–Trinajstić information content (AvgIpc) is 2.14. The Balaban J connectivity index is 4.20. The second kappa shape index (κ2) is 7.40. The van der Waals surface area contributed by atoms with E-state index in [0.717, 1.165) is 0 Å². The molecule has 6 heteroatoms. The van der Waals surface area contributed by atoms with E-state index in [9.17, 15) is 13.2 Å². The van der Waals surface area contributed by atoms with Crippen molar-refractivity contribution in [1.82, 2.24) is 4.90 Å². The SMILES string of the molecule is C=CCN(CCS(=O)(=O)CCC)CC(=O)O. The molecule has 0 heterocycles. The highest BCUT2D eigenvalue weighted by atomic mass is 32.2. The van der Waals surface area contributed by atoms with Gasteiger partial charge in [-0.2, -0.15) is 0 Å². The van der Waals surface area contributed by atoms with Crippen LogP contribution in [0.2, 0.25) is 0 Å². The quantitative estimate of drug-likeness (QED) is 0.598. The van der Waals surface area contributed by atoms with Gasteiger partial charge in [0.15, 0.2) is 9.84 Å². The summed E-state index contributed by atoms with van der Waals surface area (Å²) >= 11 is 0. The predicted octanol–water partition coefficient (Wildman–Crippen LogP) is 0.384. The van der Waals surface area contributed by atoms with Crippen molar-refractivity contribution in [3.05, 3.63) is 12.7 Å². The summed E-state index contributed by atoms with van der Waals surface area (Å²) in [5.74, 6) is -0.806. The van der Waals surface area contributed by atoms with E-state index in [0.29, 0.717) is 13.0 Å². The topological polar surface area (TPSA) is 74.7 Å². The Bertz CT molecular complexity index is 324. The zero-order valence-electron chi connectivity index (χ0n) is 9.55. The summed E-state index contributed by atoms with van der Waals surface area (Å²) in [6, 6.07) is 0. The van der Waals surface area contributed by atoms with Gasteiger partial charge < -0.3 is 5.11 Å². The number of carboxylic acid groups (broad SMARTS) is 1. The van der Waals surface area contributed by atoms with Crippen molar-refractivity contribution < 1.29 is 18.3 Å². The second-order valence-corrected chi connectivity index (χ2v) is 5.87. The van der Waals surface area contributed by atoms with Crippen LogP contribution in [0.5, 0.6) is 0 Å². The van der Waals surface area contributed by atoms with Crippen molar-refractivity contribution in [1.29, 1.82) is 0 Å². The van der Waals surface area contributed by atoms with Gasteiger partial charge >= 0.3 is 5.97 Å². The molecule has 16 heavy (non-hydrogen) atoms. The van der Waals surface area contributed by atoms with E-state index in [2.05, 4.69) is 6.58 Å². The largest absolute Gasteiger partial charge is 0.480 e. The summed E-state index contributed by atoms with van der Waals surface area (Å²) in [5, 5.41) is 8.62. The number of carboxylic acids is 1. The molecule has 0 aliphatic carbocycles. The summed E-state index contributed by atoms with van der Waals surface area (Å²) in [7, 11) is -3.05. The van der Waals surface area contributed by atoms with Crippen LogP contribution in [-0.4, -0.2) is 55.5 Å². The molecular weight excluding hydrogens is 230 g/mol. The van der Waals surface area contributed by atoms with Crippen LogP contribution in [0, 0.1) is 0 Å². The van der Waals surface area contributed by atoms with Gasteiger partial charge in [-0.25, -0.2) is 8.42 Å². The molecule has 0 unspecified atom stereocenters. The van der Waals surface area contributed by atoms with Crippen LogP contribution in [-0.2, 0) is 14.6 Å². The standard InChI is InChI=1S/C10H19NO4S/c1-3-5-11(9-10(12)13)6-8-16(14,15)7-4-2/h3H,1,4-9H2,2H3,(H,12,13). The molecule has 94 valence electrons. The van der Waals surface area contributed by atoms with Crippen molar-refractivity contribution in [3.8, 4) is 0 Å². The zero-order chi connectivity index (χ0) is 12.6. The minimum Gasteiger partial charge on any atom is -0.480 e. The lowest BCUT2D eigenvalue weighted by atomic mass is 10.4. The molecule has 0 atom stereocenters. The van der Waals surface area contributed by atoms with Crippen molar-refractivity contribution in [2.75, 3.05) is 31.1 Å². The summed E-state index contributed by atoms with van der Waals surface area (Å²) in [6.45, 7) is 5.77. The van der Waals surface area contributed by atoms with Gasteiger partial charge in [0.05, 0.1) is 12.3 Å². The number of hydrogen-bond donors (Lipinski definition) is 1. The van der Waals surface area contributed by atoms with Gasteiger partial charge in [-0.15, -0.1) is 6.58 Å². The highest BCUT2D eigenvalue weighted by molar-refractivity contribution is 7.91. The van der Waals surface area contributed by atoms with Crippen LogP contribution in [0.15, 0.2) is 12.7 Å². The highest BCUT2D eigenvalue weighted by Crippen LogP contribution is 1.97. The molecule has 0 saturated heterocycles. The Kier molecular flexibility index (Phi) is 7.00. The minimum absolute atomic E-state index is 0.00194. The number of hydrogen-bond acceptors (Lipinski definition) is 4. The van der Waals surface area contributed by atoms with E-state index in [1.165, 1.54) is 0 Å². The lowest BCUT2D eigenvalue weighted by Crippen LogP contribution is -2.34.